The molecule has 2 rings (SSSR count). The SMILES string of the molecule is C/C=C1\CCC(Sc2ccc(OC)cc2)C(=O)N1. The van der Waals surface area contributed by atoms with Crippen LogP contribution in [0.2, 0.25) is 0 Å². The first-order valence-corrected chi connectivity index (χ1v) is 6.87. The molecule has 1 fully saturated rings. The molecule has 1 saturated heterocycles. The number of carbonyl (C=O) groups is 1. The lowest BCUT2D eigenvalue weighted by Crippen LogP contribution is -2.36. The molecule has 1 heterocycles. The van der Waals surface area contributed by atoms with E-state index in [0.717, 1.165) is 29.2 Å². The first-order chi connectivity index (χ1) is 8.72. The third-order valence-corrected chi connectivity index (χ3v) is 4.22. The van der Waals surface area contributed by atoms with Crippen molar-refractivity contribution < 1.29 is 9.53 Å². The molecule has 96 valence electrons. The number of carbonyl (C=O) groups excluding carboxylic acids is 1. The molecule has 4 heteroatoms. The van der Waals surface area contributed by atoms with Gasteiger partial charge in [0.25, 0.3) is 0 Å². The molecular weight excluding hydrogens is 246 g/mol. The van der Waals surface area contributed by atoms with E-state index in [0.29, 0.717) is 0 Å². The van der Waals surface area contributed by atoms with Gasteiger partial charge in [-0.3, -0.25) is 4.79 Å². The number of methoxy groups -OCH3 is 1. The number of hydrogen-bond acceptors (Lipinski definition) is 3. The van der Waals surface area contributed by atoms with Crippen molar-refractivity contribution in [2.24, 2.45) is 0 Å². The molecule has 1 aromatic rings. The van der Waals surface area contributed by atoms with Gasteiger partial charge in [-0.25, -0.2) is 0 Å². The van der Waals surface area contributed by atoms with E-state index in [9.17, 15) is 4.79 Å². The van der Waals surface area contributed by atoms with Gasteiger partial charge in [0.2, 0.25) is 5.91 Å². The smallest absolute Gasteiger partial charge is 0.237 e. The fourth-order valence-electron chi connectivity index (χ4n) is 1.87. The van der Waals surface area contributed by atoms with Crippen LogP contribution in [0.15, 0.2) is 40.9 Å². The minimum atomic E-state index is 0.00194. The van der Waals surface area contributed by atoms with E-state index in [4.69, 9.17) is 4.74 Å². The molecule has 0 radical (unpaired) electrons. The van der Waals surface area contributed by atoms with Crippen LogP contribution in [0.4, 0.5) is 0 Å². The van der Waals surface area contributed by atoms with Crippen LogP contribution >= 0.6 is 11.8 Å². The van der Waals surface area contributed by atoms with Gasteiger partial charge in [-0.15, -0.1) is 11.8 Å². The van der Waals surface area contributed by atoms with Crippen molar-refractivity contribution >= 4 is 17.7 Å². The fourth-order valence-corrected chi connectivity index (χ4v) is 2.89. The molecule has 0 saturated carbocycles. The van der Waals surface area contributed by atoms with Gasteiger partial charge in [0.15, 0.2) is 0 Å². The number of thioether (sulfide) groups is 1. The summed E-state index contributed by atoms with van der Waals surface area (Å²) in [6.45, 7) is 1.95. The molecule has 1 unspecified atom stereocenters. The molecule has 1 aliphatic rings. The summed E-state index contributed by atoms with van der Waals surface area (Å²) in [6.07, 6.45) is 3.80. The first kappa shape index (κ1) is 13.0. The molecule has 1 aliphatic heterocycles. The van der Waals surface area contributed by atoms with Crippen LogP contribution in [0.5, 0.6) is 5.75 Å². The van der Waals surface area contributed by atoms with Crippen LogP contribution < -0.4 is 10.1 Å². The number of amides is 1. The van der Waals surface area contributed by atoms with Crippen molar-refractivity contribution in [3.63, 3.8) is 0 Å². The molecule has 1 amide bonds. The number of benzene rings is 1. The number of allylic oxidation sites excluding steroid dienone is 2. The second-order valence-corrected chi connectivity index (χ2v) is 5.40. The highest BCUT2D eigenvalue weighted by molar-refractivity contribution is 8.00. The highest BCUT2D eigenvalue weighted by atomic mass is 32.2. The Labute approximate surface area is 112 Å². The third-order valence-electron chi connectivity index (χ3n) is 2.94. The maximum Gasteiger partial charge on any atom is 0.237 e. The van der Waals surface area contributed by atoms with E-state index >= 15 is 0 Å². The number of nitrogens with one attached hydrogen (secondary N) is 1. The lowest BCUT2D eigenvalue weighted by atomic mass is 10.1. The molecule has 3 nitrogen and oxygen atoms in total. The van der Waals surface area contributed by atoms with Crippen LogP contribution in [0.1, 0.15) is 19.8 Å². The van der Waals surface area contributed by atoms with E-state index in [2.05, 4.69) is 5.32 Å². The highest BCUT2D eigenvalue weighted by Crippen LogP contribution is 2.30. The van der Waals surface area contributed by atoms with Crippen molar-refractivity contribution in [1.29, 1.82) is 0 Å². The first-order valence-electron chi connectivity index (χ1n) is 5.99. The zero-order chi connectivity index (χ0) is 13.0. The molecule has 18 heavy (non-hydrogen) atoms. The largest absolute Gasteiger partial charge is 0.497 e. The van der Waals surface area contributed by atoms with Gasteiger partial charge in [-0.05, 0) is 44.0 Å². The Morgan fingerprint density at radius 1 is 1.39 bits per heavy atom. The van der Waals surface area contributed by atoms with Crippen LogP contribution in [-0.4, -0.2) is 18.3 Å². The Kier molecular flexibility index (Phi) is 4.31. The molecule has 0 bridgehead atoms. The van der Waals surface area contributed by atoms with Crippen LogP contribution in [0.25, 0.3) is 0 Å². The van der Waals surface area contributed by atoms with E-state index < -0.39 is 0 Å². The number of ether oxygens (including phenoxy) is 1. The van der Waals surface area contributed by atoms with Crippen molar-refractivity contribution in [2.45, 2.75) is 29.9 Å². The quantitative estimate of drug-likeness (QED) is 0.911. The van der Waals surface area contributed by atoms with Crippen LogP contribution in [0.3, 0.4) is 0 Å². The van der Waals surface area contributed by atoms with Crippen molar-refractivity contribution in [3.05, 3.63) is 36.0 Å². The summed E-state index contributed by atoms with van der Waals surface area (Å²) in [5.74, 6) is 0.943. The molecule has 1 aromatic carbocycles. The fraction of sp³-hybridized carbons (Fsp3) is 0.357. The standard InChI is InChI=1S/C14H17NO2S/c1-3-10-4-9-13(14(16)15-10)18-12-7-5-11(17-2)6-8-12/h3,5-8,13H,4,9H2,1-2H3,(H,15,16)/b10-3+. The van der Waals surface area contributed by atoms with Gasteiger partial charge in [0.05, 0.1) is 12.4 Å². The Morgan fingerprint density at radius 2 is 2.11 bits per heavy atom. The molecule has 1 atom stereocenters. The normalized spacial score (nSPS) is 21.8. The summed E-state index contributed by atoms with van der Waals surface area (Å²) in [6, 6.07) is 7.81. The second kappa shape index (κ2) is 5.96. The maximum absolute atomic E-state index is 11.9. The Morgan fingerprint density at radius 3 is 2.67 bits per heavy atom. The average Bonchev–Trinajstić information content (AvgIpc) is 2.42. The van der Waals surface area contributed by atoms with Crippen LogP contribution in [-0.2, 0) is 4.79 Å². The summed E-state index contributed by atoms with van der Waals surface area (Å²) >= 11 is 1.61. The lowest BCUT2D eigenvalue weighted by molar-refractivity contribution is -0.120. The van der Waals surface area contributed by atoms with Crippen molar-refractivity contribution in [2.75, 3.05) is 7.11 Å². The number of hydrogen-bond donors (Lipinski definition) is 1. The number of rotatable bonds is 3. The van der Waals surface area contributed by atoms with E-state index in [1.165, 1.54) is 0 Å². The summed E-state index contributed by atoms with van der Waals surface area (Å²) in [5, 5.41) is 2.94. The van der Waals surface area contributed by atoms with Gasteiger partial charge in [-0.1, -0.05) is 6.08 Å². The van der Waals surface area contributed by atoms with Crippen molar-refractivity contribution in [3.8, 4) is 5.75 Å². The van der Waals surface area contributed by atoms with E-state index in [1.54, 1.807) is 18.9 Å². The monoisotopic (exact) mass is 263 g/mol. The van der Waals surface area contributed by atoms with Gasteiger partial charge < -0.3 is 10.1 Å². The minimum Gasteiger partial charge on any atom is -0.497 e. The molecular formula is C14H17NO2S. The third kappa shape index (κ3) is 3.07. The van der Waals surface area contributed by atoms with Gasteiger partial charge in [-0.2, -0.15) is 0 Å². The lowest BCUT2D eigenvalue weighted by Gasteiger charge is -2.23. The summed E-state index contributed by atoms with van der Waals surface area (Å²) in [4.78, 5) is 13.0. The van der Waals surface area contributed by atoms with Gasteiger partial charge in [0.1, 0.15) is 5.75 Å². The minimum absolute atomic E-state index is 0.00194. The Balaban J connectivity index is 1.99. The maximum atomic E-state index is 11.9. The molecule has 0 spiro atoms. The van der Waals surface area contributed by atoms with Gasteiger partial charge in [0, 0.05) is 10.6 Å². The Bertz CT molecular complexity index is 453. The molecule has 0 aliphatic carbocycles. The number of piperidine rings is 1. The topological polar surface area (TPSA) is 38.3 Å². The summed E-state index contributed by atoms with van der Waals surface area (Å²) < 4.78 is 5.11. The summed E-state index contributed by atoms with van der Waals surface area (Å²) in [7, 11) is 1.65. The zero-order valence-electron chi connectivity index (χ0n) is 10.6. The van der Waals surface area contributed by atoms with Crippen LogP contribution in [0, 0.1) is 0 Å². The van der Waals surface area contributed by atoms with E-state index in [-0.39, 0.29) is 11.2 Å². The van der Waals surface area contributed by atoms with E-state index in [1.807, 2.05) is 37.3 Å². The second-order valence-electron chi connectivity index (χ2n) is 4.12. The zero-order valence-corrected chi connectivity index (χ0v) is 11.4. The van der Waals surface area contributed by atoms with Gasteiger partial charge >= 0.3 is 0 Å². The Hall–Kier alpha value is -1.42. The summed E-state index contributed by atoms with van der Waals surface area (Å²) in [5.41, 5.74) is 1.03. The molecule has 0 aromatic heterocycles. The predicted octanol–water partition coefficient (Wildman–Crippen LogP) is 2.97. The predicted molar refractivity (Wildman–Crippen MR) is 73.8 cm³/mol. The average molecular weight is 263 g/mol. The molecule has 1 N–H and O–H groups in total. The highest BCUT2D eigenvalue weighted by Gasteiger charge is 2.25. The van der Waals surface area contributed by atoms with Crippen molar-refractivity contribution in [1.82, 2.24) is 5.32 Å².